The lowest BCUT2D eigenvalue weighted by Crippen LogP contribution is -2.43. The summed E-state index contributed by atoms with van der Waals surface area (Å²) in [5.74, 6) is 2.83. The average molecular weight is 402 g/mol. The molecule has 29 heavy (non-hydrogen) atoms. The molecule has 0 fully saturated rings. The summed E-state index contributed by atoms with van der Waals surface area (Å²) in [6.07, 6.45) is 2.24. The number of hydrogen-bond donors (Lipinski definition) is 2. The lowest BCUT2D eigenvalue weighted by atomic mass is 10.3. The molecule has 1 atom stereocenters. The zero-order valence-electron chi connectivity index (χ0n) is 17.5. The third-order valence-corrected chi connectivity index (χ3v) is 4.05. The van der Waals surface area contributed by atoms with Crippen molar-refractivity contribution in [3.8, 4) is 11.5 Å². The molecule has 0 aliphatic heterocycles. The highest BCUT2D eigenvalue weighted by molar-refractivity contribution is 5.84. The van der Waals surface area contributed by atoms with Crippen molar-refractivity contribution in [2.24, 2.45) is 4.99 Å². The Morgan fingerprint density at radius 2 is 2.00 bits per heavy atom. The Morgan fingerprint density at radius 1 is 1.21 bits per heavy atom. The fourth-order valence-corrected chi connectivity index (χ4v) is 2.41. The highest BCUT2D eigenvalue weighted by Gasteiger charge is 2.09. The molecule has 1 heterocycles. The molecule has 0 aliphatic rings. The minimum Gasteiger partial charge on any atom is -0.497 e. The lowest BCUT2D eigenvalue weighted by molar-refractivity contribution is -0.127. The van der Waals surface area contributed by atoms with E-state index in [1.807, 2.05) is 43.3 Å². The van der Waals surface area contributed by atoms with Gasteiger partial charge in [-0.05, 0) is 31.2 Å². The second kappa shape index (κ2) is 11.6. The van der Waals surface area contributed by atoms with Crippen molar-refractivity contribution in [2.75, 3.05) is 40.8 Å². The Bertz CT molecular complexity index is 775. The Hall–Kier alpha value is -3.16. The van der Waals surface area contributed by atoms with Crippen LogP contribution < -0.4 is 20.1 Å². The Kier molecular flexibility index (Phi) is 8.88. The Balaban J connectivity index is 1.88. The lowest BCUT2D eigenvalue weighted by Gasteiger charge is -2.18. The van der Waals surface area contributed by atoms with Crippen molar-refractivity contribution in [3.63, 3.8) is 0 Å². The highest BCUT2D eigenvalue weighted by Crippen LogP contribution is 2.19. The van der Waals surface area contributed by atoms with Crippen molar-refractivity contribution in [2.45, 2.75) is 19.4 Å². The van der Waals surface area contributed by atoms with Gasteiger partial charge in [-0.25, -0.2) is 4.99 Å². The molecule has 1 aromatic carbocycles. The van der Waals surface area contributed by atoms with Gasteiger partial charge < -0.3 is 29.4 Å². The van der Waals surface area contributed by atoms with E-state index in [0.29, 0.717) is 25.5 Å². The SMILES string of the molecule is COc1cccc(OC(C)CNC(=NCC(=O)N(C)C)NCCc2ccco2)c1. The quantitative estimate of drug-likeness (QED) is 0.466. The van der Waals surface area contributed by atoms with Crippen LogP contribution in [-0.4, -0.2) is 63.7 Å². The van der Waals surface area contributed by atoms with Crippen LogP contribution in [0.3, 0.4) is 0 Å². The number of aliphatic imine (C=N–C) groups is 1. The number of rotatable bonds is 10. The minimum absolute atomic E-state index is 0.0637. The monoisotopic (exact) mass is 402 g/mol. The number of likely N-dealkylation sites (N-methyl/N-ethyl adjacent to an activating group) is 1. The van der Waals surface area contributed by atoms with Crippen molar-refractivity contribution in [3.05, 3.63) is 48.4 Å². The average Bonchev–Trinajstić information content (AvgIpc) is 3.22. The summed E-state index contributed by atoms with van der Waals surface area (Å²) in [6.45, 7) is 3.16. The van der Waals surface area contributed by atoms with Gasteiger partial charge in [0.1, 0.15) is 29.9 Å². The number of carbonyl (C=O) groups excluding carboxylic acids is 1. The van der Waals surface area contributed by atoms with Crippen molar-refractivity contribution in [1.82, 2.24) is 15.5 Å². The highest BCUT2D eigenvalue weighted by atomic mass is 16.5. The van der Waals surface area contributed by atoms with Gasteiger partial charge in [0, 0.05) is 33.1 Å². The number of carbonyl (C=O) groups is 1. The maximum atomic E-state index is 11.9. The summed E-state index contributed by atoms with van der Waals surface area (Å²) in [6, 6.07) is 11.2. The summed E-state index contributed by atoms with van der Waals surface area (Å²) in [4.78, 5) is 17.7. The molecule has 2 N–H and O–H groups in total. The van der Waals surface area contributed by atoms with Crippen LogP contribution in [0.1, 0.15) is 12.7 Å². The van der Waals surface area contributed by atoms with E-state index < -0.39 is 0 Å². The van der Waals surface area contributed by atoms with Crippen LogP contribution in [-0.2, 0) is 11.2 Å². The standard InChI is InChI=1S/C21H30N4O4/c1-16(29-19-8-5-7-18(13-19)27-4)14-23-21(24-15-20(26)25(2)3)22-11-10-17-9-6-12-28-17/h5-9,12-13,16H,10-11,14-15H2,1-4H3,(H2,22,23,24). The van der Waals surface area contributed by atoms with Crippen LogP contribution in [0.25, 0.3) is 0 Å². The molecule has 158 valence electrons. The fraction of sp³-hybridized carbons (Fsp3) is 0.429. The number of nitrogens with zero attached hydrogens (tertiary/aromatic N) is 2. The fourth-order valence-electron chi connectivity index (χ4n) is 2.41. The first kappa shape index (κ1) is 22.1. The second-order valence-electron chi connectivity index (χ2n) is 6.70. The molecule has 8 nitrogen and oxygen atoms in total. The summed E-state index contributed by atoms with van der Waals surface area (Å²) in [5, 5.41) is 6.45. The first-order valence-corrected chi connectivity index (χ1v) is 9.53. The molecular formula is C21H30N4O4. The molecule has 0 spiro atoms. The minimum atomic E-state index is -0.122. The Morgan fingerprint density at radius 3 is 2.69 bits per heavy atom. The number of ether oxygens (including phenoxy) is 2. The van der Waals surface area contributed by atoms with Gasteiger partial charge >= 0.3 is 0 Å². The smallest absolute Gasteiger partial charge is 0.243 e. The number of guanidine groups is 1. The molecule has 0 bridgehead atoms. The van der Waals surface area contributed by atoms with Gasteiger partial charge in [-0.1, -0.05) is 6.07 Å². The first-order valence-electron chi connectivity index (χ1n) is 9.53. The molecular weight excluding hydrogens is 372 g/mol. The van der Waals surface area contributed by atoms with Gasteiger partial charge in [0.25, 0.3) is 0 Å². The van der Waals surface area contributed by atoms with Gasteiger partial charge in [0.05, 0.1) is 19.9 Å². The van der Waals surface area contributed by atoms with Crippen LogP contribution >= 0.6 is 0 Å². The molecule has 1 aromatic heterocycles. The zero-order chi connectivity index (χ0) is 21.1. The van der Waals surface area contributed by atoms with Gasteiger partial charge in [-0.15, -0.1) is 0 Å². The predicted molar refractivity (Wildman–Crippen MR) is 112 cm³/mol. The third kappa shape index (κ3) is 8.16. The van der Waals surface area contributed by atoms with Gasteiger partial charge in [-0.3, -0.25) is 4.79 Å². The maximum Gasteiger partial charge on any atom is 0.243 e. The van der Waals surface area contributed by atoms with E-state index in [4.69, 9.17) is 13.9 Å². The number of hydrogen-bond acceptors (Lipinski definition) is 5. The second-order valence-corrected chi connectivity index (χ2v) is 6.70. The molecule has 2 rings (SSSR count). The van der Waals surface area contributed by atoms with Crippen LogP contribution in [0.4, 0.5) is 0 Å². The van der Waals surface area contributed by atoms with E-state index in [2.05, 4.69) is 15.6 Å². The number of furan rings is 1. The van der Waals surface area contributed by atoms with E-state index in [9.17, 15) is 4.79 Å². The van der Waals surface area contributed by atoms with Crippen molar-refractivity contribution in [1.29, 1.82) is 0 Å². The number of benzene rings is 1. The van der Waals surface area contributed by atoms with E-state index in [0.717, 1.165) is 17.3 Å². The molecule has 2 aromatic rings. The third-order valence-electron chi connectivity index (χ3n) is 4.05. The van der Waals surface area contributed by atoms with Crippen LogP contribution in [0.15, 0.2) is 52.1 Å². The molecule has 0 saturated heterocycles. The molecule has 8 heteroatoms. The summed E-state index contributed by atoms with van der Waals surface area (Å²) in [5.41, 5.74) is 0. The number of nitrogens with one attached hydrogen (secondary N) is 2. The van der Waals surface area contributed by atoms with Gasteiger partial charge in [-0.2, -0.15) is 0 Å². The van der Waals surface area contributed by atoms with E-state index in [1.165, 1.54) is 4.90 Å². The van der Waals surface area contributed by atoms with Crippen LogP contribution in [0.5, 0.6) is 11.5 Å². The molecule has 0 aliphatic carbocycles. The maximum absolute atomic E-state index is 11.9. The van der Waals surface area contributed by atoms with E-state index in [1.54, 1.807) is 27.5 Å². The molecule has 0 radical (unpaired) electrons. The van der Waals surface area contributed by atoms with E-state index in [-0.39, 0.29) is 18.6 Å². The van der Waals surface area contributed by atoms with Crippen LogP contribution in [0.2, 0.25) is 0 Å². The predicted octanol–water partition coefficient (Wildman–Crippen LogP) is 1.92. The van der Waals surface area contributed by atoms with Crippen molar-refractivity contribution < 1.29 is 18.7 Å². The first-order chi connectivity index (χ1) is 14.0. The largest absolute Gasteiger partial charge is 0.497 e. The number of amides is 1. The molecule has 0 saturated carbocycles. The summed E-state index contributed by atoms with van der Waals surface area (Å²) in [7, 11) is 5.04. The summed E-state index contributed by atoms with van der Waals surface area (Å²) < 4.78 is 16.5. The summed E-state index contributed by atoms with van der Waals surface area (Å²) >= 11 is 0. The van der Waals surface area contributed by atoms with Gasteiger partial charge in [0.15, 0.2) is 5.96 Å². The van der Waals surface area contributed by atoms with Crippen LogP contribution in [0, 0.1) is 0 Å². The topological polar surface area (TPSA) is 88.3 Å². The number of methoxy groups -OCH3 is 1. The normalized spacial score (nSPS) is 12.2. The molecule has 1 unspecified atom stereocenters. The Labute approximate surface area is 171 Å². The zero-order valence-corrected chi connectivity index (χ0v) is 17.5. The van der Waals surface area contributed by atoms with Crippen molar-refractivity contribution >= 4 is 11.9 Å². The van der Waals surface area contributed by atoms with E-state index >= 15 is 0 Å². The molecule has 1 amide bonds. The van der Waals surface area contributed by atoms with Gasteiger partial charge in [0.2, 0.25) is 5.91 Å².